The summed E-state index contributed by atoms with van der Waals surface area (Å²) in [6.07, 6.45) is 11.0. The molecule has 0 aliphatic heterocycles. The van der Waals surface area contributed by atoms with Gasteiger partial charge < -0.3 is 10.2 Å². The normalized spacial score (nSPS) is 11.3. The number of alkyl halides is 1. The zero-order valence-corrected chi connectivity index (χ0v) is 31.1. The van der Waals surface area contributed by atoms with Crippen molar-refractivity contribution >= 4 is 23.4 Å². The van der Waals surface area contributed by atoms with Gasteiger partial charge in [0.25, 0.3) is 0 Å². The van der Waals surface area contributed by atoms with Crippen molar-refractivity contribution in [1.29, 1.82) is 0 Å². The minimum Gasteiger partial charge on any atom is -0.352 e. The number of hydrogen-bond acceptors (Lipinski definition) is 2. The van der Waals surface area contributed by atoms with E-state index in [1.165, 1.54) is 23.1 Å². The van der Waals surface area contributed by atoms with Crippen LogP contribution in [0.2, 0.25) is 0 Å². The Balaban J connectivity index is 0. The summed E-state index contributed by atoms with van der Waals surface area (Å²) in [5, 5.41) is 2.90. The molecule has 2 aromatic rings. The van der Waals surface area contributed by atoms with Crippen LogP contribution in [0.1, 0.15) is 130 Å². The van der Waals surface area contributed by atoms with Gasteiger partial charge >= 0.3 is 0 Å². The summed E-state index contributed by atoms with van der Waals surface area (Å²) in [4.78, 5) is 26.1. The molecule has 2 amide bonds. The van der Waals surface area contributed by atoms with Gasteiger partial charge in [0.15, 0.2) is 0 Å². The average Bonchev–Trinajstić information content (AvgIpc) is 3.07. The largest absolute Gasteiger partial charge is 0.352 e. The summed E-state index contributed by atoms with van der Waals surface area (Å²) in [5.41, 5.74) is 4.94. The number of hydrogen-bond donors (Lipinski definition) is 1. The molecule has 2 rings (SSSR count). The Morgan fingerprint density at radius 1 is 0.844 bits per heavy atom. The summed E-state index contributed by atoms with van der Waals surface area (Å²) in [6.45, 7) is 23.0. The smallest absolute Gasteiger partial charge is 0.223 e. The molecule has 4 nitrogen and oxygen atoms in total. The van der Waals surface area contributed by atoms with Crippen molar-refractivity contribution < 1.29 is 9.59 Å². The second kappa shape index (κ2) is 29.8. The standard InChI is InChI=1S/C20H36N2O2.C15H15Cl.C3H8.C2H6/c1-6-9-15-22(14-7-2)20(24)13-12-19(23)21-16-18(8-3)11-10-17(4)5;1-12(14-5-3-2-4-6-14)15-9-7-13(11-16)8-10-15;1-3-2;1-2/h8,10-11,17H,6-7,9,12-16H2,1-5H3,(H,21,23);2-10,12H,11H2,1H3;3H2,1-2H3;1-2H3/b11-10-,18-8+;;;. The quantitative estimate of drug-likeness (QED) is 0.155. The fourth-order valence-electron chi connectivity index (χ4n) is 4.05. The summed E-state index contributed by atoms with van der Waals surface area (Å²) < 4.78 is 0. The molecule has 0 aliphatic carbocycles. The molecule has 0 radical (unpaired) electrons. The Morgan fingerprint density at radius 2 is 1.42 bits per heavy atom. The third-order valence-corrected chi connectivity index (χ3v) is 6.99. The Bertz CT molecular complexity index is 1050. The number of nitrogens with zero attached hydrogens (tertiary/aromatic N) is 1. The highest BCUT2D eigenvalue weighted by atomic mass is 35.5. The van der Waals surface area contributed by atoms with Crippen molar-refractivity contribution in [2.45, 2.75) is 120 Å². The topological polar surface area (TPSA) is 49.4 Å². The number of halogens is 1. The van der Waals surface area contributed by atoms with E-state index in [2.05, 4.69) is 108 Å². The van der Waals surface area contributed by atoms with Crippen LogP contribution in [-0.4, -0.2) is 36.3 Å². The lowest BCUT2D eigenvalue weighted by Crippen LogP contribution is -2.34. The first kappa shape index (κ1) is 44.3. The third-order valence-electron chi connectivity index (χ3n) is 6.68. The van der Waals surface area contributed by atoms with Crippen LogP contribution in [0.5, 0.6) is 0 Å². The number of carbonyl (C=O) groups is 2. The average molecular weight is 641 g/mol. The number of amides is 2. The second-order valence-electron chi connectivity index (χ2n) is 11.2. The predicted octanol–water partition coefficient (Wildman–Crippen LogP) is 11.1. The van der Waals surface area contributed by atoms with Gasteiger partial charge in [0, 0.05) is 44.3 Å². The van der Waals surface area contributed by atoms with Gasteiger partial charge in [-0.3, -0.25) is 9.59 Å². The van der Waals surface area contributed by atoms with E-state index in [0.717, 1.165) is 37.9 Å². The lowest BCUT2D eigenvalue weighted by atomic mass is 9.93. The second-order valence-corrected chi connectivity index (χ2v) is 11.5. The summed E-state index contributed by atoms with van der Waals surface area (Å²) in [6, 6.07) is 19.1. The number of carbonyl (C=O) groups excluding carboxylic acids is 2. The lowest BCUT2D eigenvalue weighted by molar-refractivity contribution is -0.133. The van der Waals surface area contributed by atoms with Gasteiger partial charge in [0.05, 0.1) is 0 Å². The van der Waals surface area contributed by atoms with Crippen molar-refractivity contribution in [2.75, 3.05) is 19.6 Å². The molecule has 0 fully saturated rings. The van der Waals surface area contributed by atoms with Crippen molar-refractivity contribution in [2.24, 2.45) is 5.92 Å². The number of rotatable bonds is 15. The minimum atomic E-state index is -0.0624. The number of benzene rings is 2. The molecule has 0 saturated heterocycles. The predicted molar refractivity (Wildman–Crippen MR) is 199 cm³/mol. The highest BCUT2D eigenvalue weighted by Crippen LogP contribution is 2.24. The van der Waals surface area contributed by atoms with Gasteiger partial charge in [-0.25, -0.2) is 0 Å². The molecule has 0 aromatic heterocycles. The zero-order valence-electron chi connectivity index (χ0n) is 30.3. The molecular weight excluding hydrogens is 576 g/mol. The Labute approximate surface area is 282 Å². The van der Waals surface area contributed by atoms with E-state index < -0.39 is 0 Å². The van der Waals surface area contributed by atoms with E-state index >= 15 is 0 Å². The van der Waals surface area contributed by atoms with Crippen LogP contribution in [0.25, 0.3) is 0 Å². The van der Waals surface area contributed by atoms with E-state index in [9.17, 15) is 9.59 Å². The maximum absolute atomic E-state index is 12.2. The Kier molecular flexibility index (Phi) is 29.4. The molecule has 5 heteroatoms. The van der Waals surface area contributed by atoms with E-state index in [1.807, 2.05) is 43.9 Å². The lowest BCUT2D eigenvalue weighted by Gasteiger charge is -2.21. The monoisotopic (exact) mass is 640 g/mol. The third kappa shape index (κ3) is 22.3. The van der Waals surface area contributed by atoms with Gasteiger partial charge in [-0.2, -0.15) is 0 Å². The van der Waals surface area contributed by atoms with Gasteiger partial charge in [0.2, 0.25) is 11.8 Å². The van der Waals surface area contributed by atoms with Crippen molar-refractivity contribution in [3.8, 4) is 0 Å². The molecule has 1 unspecified atom stereocenters. The molecule has 0 bridgehead atoms. The highest BCUT2D eigenvalue weighted by Gasteiger charge is 2.14. The Morgan fingerprint density at radius 3 is 1.91 bits per heavy atom. The maximum Gasteiger partial charge on any atom is 0.223 e. The van der Waals surface area contributed by atoms with Crippen LogP contribution in [0, 0.1) is 5.92 Å². The van der Waals surface area contributed by atoms with E-state index in [1.54, 1.807) is 0 Å². The Hall–Kier alpha value is -2.85. The van der Waals surface area contributed by atoms with Crippen LogP contribution in [0.4, 0.5) is 0 Å². The summed E-state index contributed by atoms with van der Waals surface area (Å²) in [7, 11) is 0. The molecular formula is C40H65ClN2O2. The molecule has 0 saturated carbocycles. The fraction of sp³-hybridized carbons (Fsp3) is 0.550. The molecule has 254 valence electrons. The molecule has 1 N–H and O–H groups in total. The minimum absolute atomic E-state index is 0.0624. The van der Waals surface area contributed by atoms with Crippen LogP contribution in [0.3, 0.4) is 0 Å². The fourth-order valence-corrected chi connectivity index (χ4v) is 4.23. The van der Waals surface area contributed by atoms with Gasteiger partial charge in [0.1, 0.15) is 0 Å². The first-order valence-corrected chi connectivity index (χ1v) is 17.8. The number of unbranched alkanes of at least 4 members (excludes halogenated alkanes) is 1. The SMILES string of the molecule is C/C=C(\C=C/C(C)C)CNC(=O)CCC(=O)N(CCC)CCCC.CC.CC(c1ccccc1)c1ccc(CCl)cc1.CCC. The van der Waals surface area contributed by atoms with E-state index in [4.69, 9.17) is 11.6 Å². The van der Waals surface area contributed by atoms with Gasteiger partial charge in [-0.1, -0.05) is 148 Å². The highest BCUT2D eigenvalue weighted by molar-refractivity contribution is 6.17. The van der Waals surface area contributed by atoms with Crippen LogP contribution in [0.15, 0.2) is 78.4 Å². The molecule has 2 aromatic carbocycles. The van der Waals surface area contributed by atoms with Crippen LogP contribution < -0.4 is 5.32 Å². The molecule has 0 spiro atoms. The molecule has 0 aliphatic rings. The van der Waals surface area contributed by atoms with Gasteiger partial charge in [-0.15, -0.1) is 11.6 Å². The molecule has 45 heavy (non-hydrogen) atoms. The molecule has 0 heterocycles. The summed E-state index contributed by atoms with van der Waals surface area (Å²) in [5.74, 6) is 1.53. The van der Waals surface area contributed by atoms with Crippen LogP contribution in [-0.2, 0) is 15.5 Å². The maximum atomic E-state index is 12.2. The number of allylic oxidation sites excluding steroid dienone is 2. The number of nitrogens with one attached hydrogen (secondary N) is 1. The van der Waals surface area contributed by atoms with Crippen molar-refractivity contribution in [3.63, 3.8) is 0 Å². The first-order chi connectivity index (χ1) is 21.7. The summed E-state index contributed by atoms with van der Waals surface area (Å²) >= 11 is 5.78. The first-order valence-electron chi connectivity index (χ1n) is 17.2. The van der Waals surface area contributed by atoms with Crippen LogP contribution >= 0.6 is 11.6 Å². The van der Waals surface area contributed by atoms with Crippen molar-refractivity contribution in [3.05, 3.63) is 95.1 Å². The van der Waals surface area contributed by atoms with Crippen molar-refractivity contribution in [1.82, 2.24) is 10.2 Å². The zero-order chi connectivity index (χ0) is 34.5. The van der Waals surface area contributed by atoms with E-state index in [-0.39, 0.29) is 18.2 Å². The van der Waals surface area contributed by atoms with Gasteiger partial charge in [-0.05, 0) is 47.9 Å². The molecule has 1 atom stereocenters. The van der Waals surface area contributed by atoms with E-state index in [0.29, 0.717) is 30.7 Å².